The van der Waals surface area contributed by atoms with Gasteiger partial charge < -0.3 is 0 Å². The maximum atomic E-state index is 13.6. The van der Waals surface area contributed by atoms with Crippen molar-refractivity contribution in [1.29, 1.82) is 0 Å². The first-order chi connectivity index (χ1) is 7.85. The lowest BCUT2D eigenvalue weighted by Crippen LogP contribution is -2.33. The van der Waals surface area contributed by atoms with Gasteiger partial charge in [0.2, 0.25) is 0 Å². The number of hydrogen-bond donors (Lipinski definition) is 0. The van der Waals surface area contributed by atoms with Crippen molar-refractivity contribution < 1.29 is 17.8 Å². The quantitative estimate of drug-likeness (QED) is 0.683. The predicted octanol–water partition coefficient (Wildman–Crippen LogP) is 4.58. The minimum atomic E-state index is -4.36. The maximum Gasteiger partial charge on any atom is 0.513 e. The van der Waals surface area contributed by atoms with Gasteiger partial charge in [0.1, 0.15) is 0 Å². The van der Waals surface area contributed by atoms with E-state index < -0.39 is 7.91 Å². The van der Waals surface area contributed by atoms with Crippen LogP contribution in [-0.2, 0) is 13.6 Å². The summed E-state index contributed by atoms with van der Waals surface area (Å²) >= 11 is 0. The van der Waals surface area contributed by atoms with E-state index in [4.69, 9.17) is 4.52 Å². The molecule has 0 aromatic carbocycles. The Hall–Kier alpha value is 0.0800. The largest absolute Gasteiger partial charge is 0.513 e. The molecule has 0 amide bonds. The molecule has 102 valence electrons. The van der Waals surface area contributed by atoms with E-state index in [9.17, 15) is 8.76 Å². The smallest absolute Gasteiger partial charge is 0.284 e. The molecule has 0 aromatic heterocycles. The molecule has 0 spiro atoms. The molecule has 5 heteroatoms. The molecule has 0 saturated heterocycles. The summed E-state index contributed by atoms with van der Waals surface area (Å²) < 4.78 is 34.7. The van der Waals surface area contributed by atoms with Gasteiger partial charge in [-0.2, -0.15) is 0 Å². The molecule has 1 saturated carbocycles. The standard InChI is InChI=1S/C12H24FO3P/c1-5-15-17(13,14)16-12-8-10(4)6-7-11(12)9(2)3/h9-12H,5-8H2,1-4H3. The van der Waals surface area contributed by atoms with Gasteiger partial charge in [0.15, 0.2) is 0 Å². The minimum Gasteiger partial charge on any atom is -0.284 e. The van der Waals surface area contributed by atoms with Crippen molar-refractivity contribution in [2.75, 3.05) is 6.61 Å². The van der Waals surface area contributed by atoms with Crippen LogP contribution in [0.25, 0.3) is 0 Å². The van der Waals surface area contributed by atoms with Crippen LogP contribution in [0.2, 0.25) is 0 Å². The zero-order valence-corrected chi connectivity index (χ0v) is 12.1. The highest BCUT2D eigenvalue weighted by Gasteiger charge is 2.37. The molecule has 0 radical (unpaired) electrons. The van der Waals surface area contributed by atoms with Gasteiger partial charge in [-0.05, 0) is 37.5 Å². The Balaban J connectivity index is 2.66. The third-order valence-corrected chi connectivity index (χ3v) is 4.60. The SMILES string of the molecule is CCOP(=O)(F)OC1CC(C)CCC1C(C)C. The first-order valence-electron chi connectivity index (χ1n) is 6.48. The van der Waals surface area contributed by atoms with Gasteiger partial charge in [-0.1, -0.05) is 27.2 Å². The van der Waals surface area contributed by atoms with E-state index in [2.05, 4.69) is 25.3 Å². The summed E-state index contributed by atoms with van der Waals surface area (Å²) in [6.45, 7) is 8.00. The van der Waals surface area contributed by atoms with Crippen molar-refractivity contribution in [1.82, 2.24) is 0 Å². The van der Waals surface area contributed by atoms with Crippen LogP contribution in [0.1, 0.15) is 47.0 Å². The Labute approximate surface area is 104 Å². The Morgan fingerprint density at radius 3 is 2.59 bits per heavy atom. The van der Waals surface area contributed by atoms with Crippen LogP contribution in [0.15, 0.2) is 0 Å². The number of hydrogen-bond acceptors (Lipinski definition) is 3. The zero-order valence-electron chi connectivity index (χ0n) is 11.2. The van der Waals surface area contributed by atoms with E-state index in [1.807, 2.05) is 0 Å². The molecule has 3 nitrogen and oxygen atoms in total. The molecular weight excluding hydrogens is 242 g/mol. The van der Waals surface area contributed by atoms with Crippen molar-refractivity contribution >= 4 is 7.91 Å². The lowest BCUT2D eigenvalue weighted by Gasteiger charge is -2.37. The second kappa shape index (κ2) is 6.31. The fourth-order valence-electron chi connectivity index (χ4n) is 2.58. The van der Waals surface area contributed by atoms with Crippen LogP contribution in [0.5, 0.6) is 0 Å². The average Bonchev–Trinajstić information content (AvgIpc) is 2.15. The topological polar surface area (TPSA) is 35.5 Å². The highest BCUT2D eigenvalue weighted by atomic mass is 31.2. The fraction of sp³-hybridized carbons (Fsp3) is 1.00. The fourth-order valence-corrected chi connectivity index (χ4v) is 3.52. The maximum absolute atomic E-state index is 13.6. The average molecular weight is 266 g/mol. The zero-order chi connectivity index (χ0) is 13.1. The Morgan fingerprint density at radius 2 is 2.06 bits per heavy atom. The molecule has 0 aliphatic heterocycles. The molecule has 0 bridgehead atoms. The molecule has 1 aliphatic carbocycles. The van der Waals surface area contributed by atoms with Crippen molar-refractivity contribution in [3.8, 4) is 0 Å². The summed E-state index contributed by atoms with van der Waals surface area (Å²) in [6.07, 6.45) is 2.63. The van der Waals surface area contributed by atoms with E-state index in [-0.39, 0.29) is 18.6 Å². The molecule has 0 N–H and O–H groups in total. The van der Waals surface area contributed by atoms with E-state index in [1.165, 1.54) is 0 Å². The van der Waals surface area contributed by atoms with Gasteiger partial charge in [-0.15, -0.1) is 4.20 Å². The summed E-state index contributed by atoms with van der Waals surface area (Å²) in [7, 11) is -4.36. The minimum absolute atomic E-state index is 0.0718. The van der Waals surface area contributed by atoms with Crippen molar-refractivity contribution in [3.63, 3.8) is 0 Å². The second-order valence-corrected chi connectivity index (χ2v) is 6.65. The normalized spacial score (nSPS) is 33.6. The first kappa shape index (κ1) is 15.1. The van der Waals surface area contributed by atoms with Crippen LogP contribution in [-0.4, -0.2) is 12.7 Å². The Bertz CT molecular complexity index is 283. The molecule has 17 heavy (non-hydrogen) atoms. The highest BCUT2D eigenvalue weighted by Crippen LogP contribution is 2.54. The van der Waals surface area contributed by atoms with Crippen LogP contribution in [0.3, 0.4) is 0 Å². The predicted molar refractivity (Wildman–Crippen MR) is 66.6 cm³/mol. The molecule has 4 atom stereocenters. The summed E-state index contributed by atoms with van der Waals surface area (Å²) in [4.78, 5) is 0. The molecular formula is C12H24FO3P. The van der Waals surface area contributed by atoms with Gasteiger partial charge in [0.05, 0.1) is 12.7 Å². The van der Waals surface area contributed by atoms with Crippen LogP contribution in [0.4, 0.5) is 4.20 Å². The molecule has 0 aromatic rings. The summed E-state index contributed by atoms with van der Waals surface area (Å²) in [5.41, 5.74) is 0. The number of halogens is 1. The summed E-state index contributed by atoms with van der Waals surface area (Å²) in [5.74, 6) is 1.18. The Morgan fingerprint density at radius 1 is 1.41 bits per heavy atom. The van der Waals surface area contributed by atoms with Gasteiger partial charge in [0.25, 0.3) is 0 Å². The van der Waals surface area contributed by atoms with E-state index in [1.54, 1.807) is 6.92 Å². The summed E-state index contributed by atoms with van der Waals surface area (Å²) in [6, 6.07) is 0. The van der Waals surface area contributed by atoms with Crippen molar-refractivity contribution in [3.05, 3.63) is 0 Å². The van der Waals surface area contributed by atoms with Crippen molar-refractivity contribution in [2.45, 2.75) is 53.1 Å². The van der Waals surface area contributed by atoms with Crippen molar-refractivity contribution in [2.24, 2.45) is 17.8 Å². The van der Waals surface area contributed by atoms with E-state index in [0.29, 0.717) is 11.8 Å². The third-order valence-electron chi connectivity index (χ3n) is 3.51. The highest BCUT2D eigenvalue weighted by molar-refractivity contribution is 7.48. The first-order valence-corrected chi connectivity index (χ1v) is 7.91. The second-order valence-electron chi connectivity index (χ2n) is 5.32. The lowest BCUT2D eigenvalue weighted by molar-refractivity contribution is 0.0228. The monoisotopic (exact) mass is 266 g/mol. The Kier molecular flexibility index (Phi) is 5.62. The third kappa shape index (κ3) is 4.69. The van der Waals surface area contributed by atoms with Crippen LogP contribution in [0, 0.1) is 17.8 Å². The molecule has 4 unspecified atom stereocenters. The van der Waals surface area contributed by atoms with Gasteiger partial charge in [-0.3, -0.25) is 9.05 Å². The molecule has 1 fully saturated rings. The molecule has 1 rings (SSSR count). The molecule has 1 aliphatic rings. The van der Waals surface area contributed by atoms with Gasteiger partial charge in [0, 0.05) is 0 Å². The van der Waals surface area contributed by atoms with E-state index >= 15 is 0 Å². The molecule has 0 heterocycles. The van der Waals surface area contributed by atoms with Gasteiger partial charge in [-0.25, -0.2) is 4.57 Å². The van der Waals surface area contributed by atoms with Crippen LogP contribution < -0.4 is 0 Å². The van der Waals surface area contributed by atoms with Gasteiger partial charge >= 0.3 is 7.91 Å². The lowest BCUT2D eigenvalue weighted by atomic mass is 9.75. The van der Waals surface area contributed by atoms with Crippen LogP contribution >= 0.6 is 7.91 Å². The number of rotatable bonds is 5. The summed E-state index contributed by atoms with van der Waals surface area (Å²) in [5, 5.41) is 0. The van der Waals surface area contributed by atoms with E-state index in [0.717, 1.165) is 19.3 Å².